The Balaban J connectivity index is 0.00000288. The fraction of sp³-hybridized carbons (Fsp3) is 0.389. The standard InChI is InChI=1S/C18H25N3OS.HI/c1-3-19-18(21(2)13-17-9-12-23-15-17)20-10-11-22-14-16-7-5-4-6-8-16;/h4-9,12,15H,3,10-11,13-14H2,1-2H3,(H,19,20);1H. The molecule has 0 unspecified atom stereocenters. The molecule has 4 nitrogen and oxygen atoms in total. The summed E-state index contributed by atoms with van der Waals surface area (Å²) in [5, 5.41) is 7.60. The van der Waals surface area contributed by atoms with E-state index in [0.717, 1.165) is 19.0 Å². The van der Waals surface area contributed by atoms with Crippen LogP contribution >= 0.6 is 35.3 Å². The second-order valence-corrected chi connectivity index (χ2v) is 6.04. The first-order valence-electron chi connectivity index (χ1n) is 7.91. The lowest BCUT2D eigenvalue weighted by Crippen LogP contribution is -2.38. The number of hydrogen-bond donors (Lipinski definition) is 1. The summed E-state index contributed by atoms with van der Waals surface area (Å²) in [5.41, 5.74) is 2.50. The molecule has 0 fully saturated rings. The zero-order valence-corrected chi connectivity index (χ0v) is 17.4. The molecule has 0 aliphatic carbocycles. The van der Waals surface area contributed by atoms with Gasteiger partial charge in [-0.15, -0.1) is 24.0 Å². The molecule has 1 N–H and O–H groups in total. The minimum atomic E-state index is 0. The number of nitrogens with zero attached hydrogens (tertiary/aromatic N) is 2. The molecule has 1 aromatic carbocycles. The highest BCUT2D eigenvalue weighted by Gasteiger charge is 2.06. The Bertz CT molecular complexity index is 575. The molecule has 0 saturated heterocycles. The first-order valence-corrected chi connectivity index (χ1v) is 8.86. The summed E-state index contributed by atoms with van der Waals surface area (Å²) in [4.78, 5) is 6.78. The van der Waals surface area contributed by atoms with E-state index in [1.54, 1.807) is 11.3 Å². The second kappa shape index (κ2) is 12.3. The molecule has 6 heteroatoms. The Labute approximate surface area is 166 Å². The summed E-state index contributed by atoms with van der Waals surface area (Å²) < 4.78 is 5.68. The Morgan fingerprint density at radius 3 is 2.67 bits per heavy atom. The van der Waals surface area contributed by atoms with Crippen molar-refractivity contribution < 1.29 is 4.74 Å². The molecule has 1 heterocycles. The normalized spacial score (nSPS) is 11.0. The second-order valence-electron chi connectivity index (χ2n) is 5.26. The van der Waals surface area contributed by atoms with Gasteiger partial charge in [-0.25, -0.2) is 0 Å². The Morgan fingerprint density at radius 1 is 1.21 bits per heavy atom. The molecule has 2 rings (SSSR count). The van der Waals surface area contributed by atoms with Crippen LogP contribution in [0.5, 0.6) is 0 Å². The third-order valence-corrected chi connectivity index (χ3v) is 4.04. The molecule has 0 atom stereocenters. The van der Waals surface area contributed by atoms with Gasteiger partial charge in [-0.1, -0.05) is 30.3 Å². The van der Waals surface area contributed by atoms with E-state index in [9.17, 15) is 0 Å². The average molecular weight is 459 g/mol. The zero-order valence-electron chi connectivity index (χ0n) is 14.3. The fourth-order valence-electron chi connectivity index (χ4n) is 2.18. The van der Waals surface area contributed by atoms with E-state index in [1.807, 2.05) is 18.2 Å². The van der Waals surface area contributed by atoms with Crippen LogP contribution in [0, 0.1) is 0 Å². The van der Waals surface area contributed by atoms with E-state index in [4.69, 9.17) is 4.74 Å². The lowest BCUT2D eigenvalue weighted by Gasteiger charge is -2.21. The summed E-state index contributed by atoms with van der Waals surface area (Å²) in [6, 6.07) is 12.4. The van der Waals surface area contributed by atoms with Crippen LogP contribution in [-0.2, 0) is 17.9 Å². The Hall–Kier alpha value is -1.12. The van der Waals surface area contributed by atoms with Crippen LogP contribution in [0.3, 0.4) is 0 Å². The van der Waals surface area contributed by atoms with Crippen LogP contribution in [0.4, 0.5) is 0 Å². The number of aliphatic imine (C=N–C) groups is 1. The van der Waals surface area contributed by atoms with Crippen molar-refractivity contribution in [1.82, 2.24) is 10.2 Å². The minimum Gasteiger partial charge on any atom is -0.375 e. The lowest BCUT2D eigenvalue weighted by molar-refractivity contribution is 0.128. The monoisotopic (exact) mass is 459 g/mol. The van der Waals surface area contributed by atoms with Gasteiger partial charge < -0.3 is 15.0 Å². The predicted molar refractivity (Wildman–Crippen MR) is 113 cm³/mol. The highest BCUT2D eigenvalue weighted by Crippen LogP contribution is 2.08. The molecule has 0 bridgehead atoms. The van der Waals surface area contributed by atoms with Gasteiger partial charge in [0.1, 0.15) is 0 Å². The Morgan fingerprint density at radius 2 is 2.00 bits per heavy atom. The van der Waals surface area contributed by atoms with E-state index in [0.29, 0.717) is 19.8 Å². The number of rotatable bonds is 8. The Kier molecular flexibility index (Phi) is 10.7. The summed E-state index contributed by atoms with van der Waals surface area (Å²) >= 11 is 1.72. The number of ether oxygens (including phenoxy) is 1. The third kappa shape index (κ3) is 7.63. The van der Waals surface area contributed by atoms with Crippen LogP contribution in [0.15, 0.2) is 52.2 Å². The number of halogens is 1. The average Bonchev–Trinajstić information content (AvgIpc) is 3.07. The van der Waals surface area contributed by atoms with E-state index in [1.165, 1.54) is 11.1 Å². The summed E-state index contributed by atoms with van der Waals surface area (Å²) in [7, 11) is 2.06. The number of benzene rings is 1. The van der Waals surface area contributed by atoms with Crippen molar-refractivity contribution in [1.29, 1.82) is 0 Å². The molecule has 0 spiro atoms. The van der Waals surface area contributed by atoms with Gasteiger partial charge >= 0.3 is 0 Å². The van der Waals surface area contributed by atoms with Crippen molar-refractivity contribution in [2.75, 3.05) is 26.7 Å². The number of thiophene rings is 1. The van der Waals surface area contributed by atoms with Gasteiger partial charge in [0.05, 0.1) is 19.8 Å². The van der Waals surface area contributed by atoms with E-state index < -0.39 is 0 Å². The molecule has 0 aliphatic heterocycles. The van der Waals surface area contributed by atoms with E-state index >= 15 is 0 Å². The van der Waals surface area contributed by atoms with Crippen molar-refractivity contribution in [3.8, 4) is 0 Å². The van der Waals surface area contributed by atoms with Crippen molar-refractivity contribution in [3.63, 3.8) is 0 Å². The fourth-order valence-corrected chi connectivity index (χ4v) is 2.84. The summed E-state index contributed by atoms with van der Waals surface area (Å²) in [6.07, 6.45) is 0. The van der Waals surface area contributed by atoms with Crippen LogP contribution in [0.25, 0.3) is 0 Å². The highest BCUT2D eigenvalue weighted by atomic mass is 127. The van der Waals surface area contributed by atoms with Crippen LogP contribution < -0.4 is 5.32 Å². The first-order chi connectivity index (χ1) is 11.3. The molecule has 1 aromatic heterocycles. The number of hydrogen-bond acceptors (Lipinski definition) is 3. The highest BCUT2D eigenvalue weighted by molar-refractivity contribution is 14.0. The maximum absolute atomic E-state index is 5.68. The van der Waals surface area contributed by atoms with Crippen molar-refractivity contribution in [2.24, 2.45) is 4.99 Å². The quantitative estimate of drug-likeness (QED) is 0.281. The van der Waals surface area contributed by atoms with Gasteiger partial charge in [-0.05, 0) is 34.9 Å². The molecule has 0 radical (unpaired) electrons. The van der Waals surface area contributed by atoms with Crippen LogP contribution in [0.2, 0.25) is 0 Å². The van der Waals surface area contributed by atoms with Crippen molar-refractivity contribution in [3.05, 3.63) is 58.3 Å². The maximum atomic E-state index is 5.68. The van der Waals surface area contributed by atoms with Crippen LogP contribution in [-0.4, -0.2) is 37.6 Å². The van der Waals surface area contributed by atoms with Crippen molar-refractivity contribution in [2.45, 2.75) is 20.1 Å². The molecule has 0 saturated carbocycles. The molecular weight excluding hydrogens is 433 g/mol. The van der Waals surface area contributed by atoms with Gasteiger partial charge in [-0.3, -0.25) is 4.99 Å². The predicted octanol–water partition coefficient (Wildman–Crippen LogP) is 3.98. The molecule has 132 valence electrons. The molecule has 0 amide bonds. The summed E-state index contributed by atoms with van der Waals surface area (Å²) in [6.45, 7) is 5.72. The van der Waals surface area contributed by atoms with Gasteiger partial charge in [0.2, 0.25) is 0 Å². The SMILES string of the molecule is CCNC(=NCCOCc1ccccc1)N(C)Cc1ccsc1.I. The third-order valence-electron chi connectivity index (χ3n) is 3.31. The summed E-state index contributed by atoms with van der Waals surface area (Å²) in [5.74, 6) is 0.919. The van der Waals surface area contributed by atoms with Gasteiger partial charge in [-0.2, -0.15) is 11.3 Å². The zero-order chi connectivity index (χ0) is 16.3. The first kappa shape index (κ1) is 20.9. The number of nitrogens with one attached hydrogen (secondary N) is 1. The number of guanidine groups is 1. The van der Waals surface area contributed by atoms with Gasteiger partial charge in [0, 0.05) is 20.1 Å². The molecule has 2 aromatic rings. The maximum Gasteiger partial charge on any atom is 0.194 e. The van der Waals surface area contributed by atoms with Gasteiger partial charge in [0.25, 0.3) is 0 Å². The van der Waals surface area contributed by atoms with Crippen molar-refractivity contribution >= 4 is 41.3 Å². The molecule has 0 aliphatic rings. The van der Waals surface area contributed by atoms with Crippen LogP contribution in [0.1, 0.15) is 18.1 Å². The molecular formula is C18H26IN3OS. The molecule has 24 heavy (non-hydrogen) atoms. The van der Waals surface area contributed by atoms with E-state index in [2.05, 4.69) is 58.1 Å². The van der Waals surface area contributed by atoms with Gasteiger partial charge in [0.15, 0.2) is 5.96 Å². The largest absolute Gasteiger partial charge is 0.375 e. The minimum absolute atomic E-state index is 0. The van der Waals surface area contributed by atoms with E-state index in [-0.39, 0.29) is 24.0 Å². The topological polar surface area (TPSA) is 36.9 Å². The smallest absolute Gasteiger partial charge is 0.194 e. The lowest BCUT2D eigenvalue weighted by atomic mass is 10.2.